The zero-order valence-electron chi connectivity index (χ0n) is 16.7. The molecule has 154 valence electrons. The number of carbonyl (C=O) groups is 1. The summed E-state index contributed by atoms with van der Waals surface area (Å²) in [5, 5.41) is 10.0. The van der Waals surface area contributed by atoms with Gasteiger partial charge in [0, 0.05) is 49.1 Å². The van der Waals surface area contributed by atoms with Crippen LogP contribution in [0.15, 0.2) is 48.5 Å². The highest BCUT2D eigenvalue weighted by atomic mass is 16.7. The maximum absolute atomic E-state index is 12.6. The predicted octanol–water partition coefficient (Wildman–Crippen LogP) is 2.81. The number of aromatic amines is 1. The van der Waals surface area contributed by atoms with Crippen molar-refractivity contribution >= 4 is 17.4 Å². The minimum atomic E-state index is -0.180. The number of piperazine rings is 1. The van der Waals surface area contributed by atoms with Crippen LogP contribution >= 0.6 is 0 Å². The van der Waals surface area contributed by atoms with E-state index in [1.807, 2.05) is 42.5 Å². The van der Waals surface area contributed by atoms with Crippen LogP contribution in [0, 0.1) is 0 Å². The Labute approximate surface area is 174 Å². The number of anilines is 2. The first kappa shape index (κ1) is 18.5. The van der Waals surface area contributed by atoms with E-state index in [1.54, 1.807) is 6.07 Å². The Bertz CT molecular complexity index is 1050. The van der Waals surface area contributed by atoms with Crippen LogP contribution in [-0.2, 0) is 0 Å². The molecule has 0 unspecified atom stereocenters. The van der Waals surface area contributed by atoms with Crippen LogP contribution in [-0.4, -0.2) is 61.0 Å². The molecule has 30 heavy (non-hydrogen) atoms. The summed E-state index contributed by atoms with van der Waals surface area (Å²) in [6.45, 7) is 4.33. The van der Waals surface area contributed by atoms with E-state index in [9.17, 15) is 4.79 Å². The average molecular weight is 405 g/mol. The summed E-state index contributed by atoms with van der Waals surface area (Å²) in [4.78, 5) is 17.3. The van der Waals surface area contributed by atoms with Crippen molar-refractivity contribution in [2.75, 3.05) is 50.2 Å². The average Bonchev–Trinajstić information content (AvgIpc) is 3.43. The van der Waals surface area contributed by atoms with Gasteiger partial charge in [-0.1, -0.05) is 0 Å². The summed E-state index contributed by atoms with van der Waals surface area (Å²) in [5.41, 5.74) is 3.35. The van der Waals surface area contributed by atoms with Crippen molar-refractivity contribution in [2.45, 2.75) is 0 Å². The molecule has 3 heterocycles. The van der Waals surface area contributed by atoms with Crippen LogP contribution in [0.3, 0.4) is 0 Å². The molecule has 2 aromatic carbocycles. The fraction of sp³-hybridized carbons (Fsp3) is 0.273. The van der Waals surface area contributed by atoms with Gasteiger partial charge in [-0.05, 0) is 49.5 Å². The number of amides is 1. The number of hydrogen-bond donors (Lipinski definition) is 2. The highest BCUT2D eigenvalue weighted by Crippen LogP contribution is 2.35. The Hall–Kier alpha value is -3.52. The van der Waals surface area contributed by atoms with E-state index in [-0.39, 0.29) is 12.7 Å². The molecule has 8 nitrogen and oxygen atoms in total. The lowest BCUT2D eigenvalue weighted by molar-refractivity contribution is 0.102. The number of H-pyrrole nitrogens is 1. The minimum Gasteiger partial charge on any atom is -0.454 e. The van der Waals surface area contributed by atoms with Gasteiger partial charge >= 0.3 is 0 Å². The lowest BCUT2D eigenvalue weighted by Crippen LogP contribution is -2.44. The van der Waals surface area contributed by atoms with Gasteiger partial charge in [-0.2, -0.15) is 5.10 Å². The van der Waals surface area contributed by atoms with Crippen molar-refractivity contribution in [3.63, 3.8) is 0 Å². The van der Waals surface area contributed by atoms with Gasteiger partial charge in [0.1, 0.15) is 5.82 Å². The second kappa shape index (κ2) is 7.72. The third kappa shape index (κ3) is 3.69. The second-order valence-corrected chi connectivity index (χ2v) is 7.53. The second-order valence-electron chi connectivity index (χ2n) is 7.53. The summed E-state index contributed by atoms with van der Waals surface area (Å²) in [5.74, 6) is 1.78. The number of benzene rings is 2. The number of likely N-dealkylation sites (N-methyl/N-ethyl adjacent to an activating group) is 1. The van der Waals surface area contributed by atoms with Gasteiger partial charge in [0.25, 0.3) is 5.91 Å². The standard InChI is InChI=1S/C22H23N5O3/c1-26-8-10-27(11-9-26)17-5-2-15(3-6-17)22(28)23-21-13-18(24-25-21)16-4-7-19-20(12-16)30-14-29-19/h2-7,12-13H,8-11,14H2,1H3,(H2,23,24,25,28). The van der Waals surface area contributed by atoms with Gasteiger partial charge in [-0.15, -0.1) is 0 Å². The monoisotopic (exact) mass is 405 g/mol. The molecule has 1 saturated heterocycles. The number of rotatable bonds is 4. The van der Waals surface area contributed by atoms with Gasteiger partial charge in [0.15, 0.2) is 11.5 Å². The molecule has 1 fully saturated rings. The molecule has 8 heteroatoms. The van der Waals surface area contributed by atoms with E-state index in [4.69, 9.17) is 9.47 Å². The smallest absolute Gasteiger partial charge is 0.256 e. The molecule has 2 N–H and O–H groups in total. The first-order valence-electron chi connectivity index (χ1n) is 9.96. The lowest BCUT2D eigenvalue weighted by atomic mass is 10.1. The maximum atomic E-state index is 12.6. The fourth-order valence-corrected chi connectivity index (χ4v) is 3.67. The number of ether oxygens (including phenoxy) is 2. The molecule has 1 aromatic heterocycles. The molecule has 2 aliphatic rings. The van der Waals surface area contributed by atoms with Gasteiger partial charge in [-0.25, -0.2) is 0 Å². The Kier molecular flexibility index (Phi) is 4.76. The van der Waals surface area contributed by atoms with E-state index < -0.39 is 0 Å². The van der Waals surface area contributed by atoms with Gasteiger partial charge in [0.2, 0.25) is 6.79 Å². The first-order valence-corrected chi connectivity index (χ1v) is 9.96. The van der Waals surface area contributed by atoms with Gasteiger partial charge in [0.05, 0.1) is 5.69 Å². The summed E-state index contributed by atoms with van der Waals surface area (Å²) in [6.07, 6.45) is 0. The van der Waals surface area contributed by atoms with Gasteiger partial charge < -0.3 is 24.6 Å². The summed E-state index contributed by atoms with van der Waals surface area (Å²) in [6, 6.07) is 15.2. The highest BCUT2D eigenvalue weighted by molar-refractivity contribution is 6.04. The van der Waals surface area contributed by atoms with Crippen LogP contribution in [0.5, 0.6) is 11.5 Å². The number of fused-ring (bicyclic) bond motifs is 1. The number of aromatic nitrogens is 2. The van der Waals surface area contributed by atoms with Crippen molar-refractivity contribution in [2.24, 2.45) is 0 Å². The maximum Gasteiger partial charge on any atom is 0.256 e. The van der Waals surface area contributed by atoms with Crippen LogP contribution in [0.25, 0.3) is 11.3 Å². The Morgan fingerprint density at radius 2 is 1.77 bits per heavy atom. The van der Waals surface area contributed by atoms with E-state index in [1.165, 1.54) is 0 Å². The van der Waals surface area contributed by atoms with E-state index in [0.29, 0.717) is 22.8 Å². The van der Waals surface area contributed by atoms with E-state index >= 15 is 0 Å². The molecule has 1 amide bonds. The summed E-state index contributed by atoms with van der Waals surface area (Å²) < 4.78 is 10.7. The van der Waals surface area contributed by atoms with Crippen LogP contribution in [0.2, 0.25) is 0 Å². The van der Waals surface area contributed by atoms with E-state index in [2.05, 4.69) is 32.4 Å². The molecule has 0 aliphatic carbocycles. The number of hydrogen-bond acceptors (Lipinski definition) is 6. The molecule has 0 bridgehead atoms. The van der Waals surface area contributed by atoms with Crippen molar-refractivity contribution in [3.8, 4) is 22.8 Å². The summed E-state index contributed by atoms with van der Waals surface area (Å²) in [7, 11) is 2.14. The zero-order valence-corrected chi connectivity index (χ0v) is 16.7. The third-order valence-corrected chi connectivity index (χ3v) is 5.49. The topological polar surface area (TPSA) is 82.7 Å². The fourth-order valence-electron chi connectivity index (χ4n) is 3.67. The predicted molar refractivity (Wildman–Crippen MR) is 114 cm³/mol. The molecule has 3 aromatic rings. The van der Waals surface area contributed by atoms with Gasteiger partial charge in [-0.3, -0.25) is 9.89 Å². The summed E-state index contributed by atoms with van der Waals surface area (Å²) >= 11 is 0. The first-order chi connectivity index (χ1) is 14.7. The molecular weight excluding hydrogens is 382 g/mol. The molecule has 0 spiro atoms. The third-order valence-electron chi connectivity index (χ3n) is 5.49. The van der Waals surface area contributed by atoms with Crippen molar-refractivity contribution in [1.29, 1.82) is 0 Å². The van der Waals surface area contributed by atoms with Crippen LogP contribution in [0.1, 0.15) is 10.4 Å². The highest BCUT2D eigenvalue weighted by Gasteiger charge is 2.17. The van der Waals surface area contributed by atoms with Crippen molar-refractivity contribution in [1.82, 2.24) is 15.1 Å². The van der Waals surface area contributed by atoms with Crippen LogP contribution < -0.4 is 19.7 Å². The Balaban J connectivity index is 1.25. The number of nitrogens with zero attached hydrogens (tertiary/aromatic N) is 3. The van der Waals surface area contributed by atoms with E-state index in [0.717, 1.165) is 43.2 Å². The lowest BCUT2D eigenvalue weighted by Gasteiger charge is -2.34. The largest absolute Gasteiger partial charge is 0.454 e. The number of nitrogens with one attached hydrogen (secondary N) is 2. The molecule has 0 saturated carbocycles. The molecular formula is C22H23N5O3. The number of carbonyl (C=O) groups excluding carboxylic acids is 1. The van der Waals surface area contributed by atoms with Crippen LogP contribution in [0.4, 0.5) is 11.5 Å². The molecule has 0 atom stereocenters. The normalized spacial score (nSPS) is 16.0. The van der Waals surface area contributed by atoms with Crippen molar-refractivity contribution < 1.29 is 14.3 Å². The SMILES string of the molecule is CN1CCN(c2ccc(C(=O)Nc3cc(-c4ccc5c(c4)OCO5)n[nH]3)cc2)CC1. The zero-order chi connectivity index (χ0) is 20.5. The van der Waals surface area contributed by atoms with Crippen molar-refractivity contribution in [3.05, 3.63) is 54.1 Å². The Morgan fingerprint density at radius 1 is 1.00 bits per heavy atom. The molecule has 2 aliphatic heterocycles. The molecule has 0 radical (unpaired) electrons. The molecule has 5 rings (SSSR count). The quantitative estimate of drug-likeness (QED) is 0.695. The Morgan fingerprint density at radius 3 is 2.57 bits per heavy atom. The minimum absolute atomic E-state index is 0.180.